The van der Waals surface area contributed by atoms with Crippen LogP contribution in [0, 0.1) is 5.92 Å². The third kappa shape index (κ3) is 3.80. The molecule has 1 aromatic carbocycles. The van der Waals surface area contributed by atoms with Crippen LogP contribution in [0.2, 0.25) is 0 Å². The number of hydrogen-bond acceptors (Lipinski definition) is 3. The Balaban J connectivity index is 1.60. The molecule has 1 amide bonds. The molecule has 2 aliphatic rings. The van der Waals surface area contributed by atoms with Crippen LogP contribution in [0.3, 0.4) is 0 Å². The first-order valence-electron chi connectivity index (χ1n) is 8.53. The Kier molecular flexibility index (Phi) is 4.98. The van der Waals surface area contributed by atoms with Gasteiger partial charge in [-0.2, -0.15) is 0 Å². The Labute approximate surface area is 132 Å². The number of anilines is 1. The SMILES string of the molecule is N[C@@H]1CCC[C@H]1CC(=O)Nc1ccccc1OC1CCCC1. The topological polar surface area (TPSA) is 64.4 Å². The van der Waals surface area contributed by atoms with Gasteiger partial charge < -0.3 is 15.8 Å². The van der Waals surface area contributed by atoms with E-state index in [1.165, 1.54) is 12.8 Å². The molecule has 22 heavy (non-hydrogen) atoms. The molecule has 3 N–H and O–H groups in total. The summed E-state index contributed by atoms with van der Waals surface area (Å²) in [7, 11) is 0. The van der Waals surface area contributed by atoms with E-state index in [2.05, 4.69) is 5.32 Å². The first-order valence-corrected chi connectivity index (χ1v) is 8.53. The molecule has 4 heteroatoms. The molecule has 0 saturated heterocycles. The third-order valence-electron chi connectivity index (χ3n) is 4.92. The van der Waals surface area contributed by atoms with Crippen molar-refractivity contribution in [1.29, 1.82) is 0 Å². The third-order valence-corrected chi connectivity index (χ3v) is 4.92. The van der Waals surface area contributed by atoms with Gasteiger partial charge in [-0.1, -0.05) is 18.6 Å². The van der Waals surface area contributed by atoms with E-state index in [4.69, 9.17) is 10.5 Å². The van der Waals surface area contributed by atoms with Crippen LogP contribution in [0.5, 0.6) is 5.75 Å². The number of nitrogens with two attached hydrogens (primary N) is 1. The monoisotopic (exact) mass is 302 g/mol. The molecule has 0 bridgehead atoms. The Hall–Kier alpha value is -1.55. The van der Waals surface area contributed by atoms with Crippen molar-refractivity contribution in [3.05, 3.63) is 24.3 Å². The number of rotatable bonds is 5. The molecule has 0 radical (unpaired) electrons. The summed E-state index contributed by atoms with van der Waals surface area (Å²) in [5.74, 6) is 1.16. The summed E-state index contributed by atoms with van der Waals surface area (Å²) in [6, 6.07) is 7.91. The number of carbonyl (C=O) groups excluding carboxylic acids is 1. The van der Waals surface area contributed by atoms with Gasteiger partial charge in [0.25, 0.3) is 0 Å². The van der Waals surface area contributed by atoms with Gasteiger partial charge in [0.05, 0.1) is 11.8 Å². The zero-order valence-electron chi connectivity index (χ0n) is 13.1. The van der Waals surface area contributed by atoms with Crippen LogP contribution in [-0.2, 0) is 4.79 Å². The Morgan fingerprint density at radius 3 is 2.64 bits per heavy atom. The fraction of sp³-hybridized carbons (Fsp3) is 0.611. The van der Waals surface area contributed by atoms with Gasteiger partial charge in [0.2, 0.25) is 5.91 Å². The van der Waals surface area contributed by atoms with Crippen molar-refractivity contribution < 1.29 is 9.53 Å². The van der Waals surface area contributed by atoms with Crippen LogP contribution in [0.1, 0.15) is 51.4 Å². The van der Waals surface area contributed by atoms with E-state index >= 15 is 0 Å². The minimum Gasteiger partial charge on any atom is -0.488 e. The highest BCUT2D eigenvalue weighted by molar-refractivity contribution is 5.92. The summed E-state index contributed by atoms with van der Waals surface area (Å²) in [6.07, 6.45) is 8.74. The first kappa shape index (κ1) is 15.3. The zero-order valence-corrected chi connectivity index (χ0v) is 13.1. The molecule has 2 atom stereocenters. The van der Waals surface area contributed by atoms with Crippen LogP contribution in [0.15, 0.2) is 24.3 Å². The van der Waals surface area contributed by atoms with Gasteiger partial charge in [-0.25, -0.2) is 0 Å². The van der Waals surface area contributed by atoms with Gasteiger partial charge >= 0.3 is 0 Å². The number of hydrogen-bond donors (Lipinski definition) is 2. The average molecular weight is 302 g/mol. The van der Waals surface area contributed by atoms with Crippen molar-refractivity contribution >= 4 is 11.6 Å². The lowest BCUT2D eigenvalue weighted by molar-refractivity contribution is -0.117. The normalized spacial score (nSPS) is 25.3. The predicted molar refractivity (Wildman–Crippen MR) is 87.9 cm³/mol. The lowest BCUT2D eigenvalue weighted by atomic mass is 10.00. The predicted octanol–water partition coefficient (Wildman–Crippen LogP) is 3.46. The van der Waals surface area contributed by atoms with Crippen LogP contribution >= 0.6 is 0 Å². The van der Waals surface area contributed by atoms with E-state index in [0.717, 1.165) is 43.5 Å². The summed E-state index contributed by atoms with van der Waals surface area (Å²) in [4.78, 5) is 12.3. The molecule has 0 unspecified atom stereocenters. The van der Waals surface area contributed by atoms with Gasteiger partial charge in [0.1, 0.15) is 5.75 Å². The van der Waals surface area contributed by atoms with Crippen molar-refractivity contribution in [3.8, 4) is 5.75 Å². The second kappa shape index (κ2) is 7.14. The van der Waals surface area contributed by atoms with Gasteiger partial charge in [0, 0.05) is 12.5 Å². The lowest BCUT2D eigenvalue weighted by Gasteiger charge is -2.18. The van der Waals surface area contributed by atoms with Crippen molar-refractivity contribution in [2.24, 2.45) is 11.7 Å². The summed E-state index contributed by atoms with van der Waals surface area (Å²) in [6.45, 7) is 0. The van der Waals surface area contributed by atoms with Gasteiger partial charge in [-0.15, -0.1) is 0 Å². The maximum Gasteiger partial charge on any atom is 0.224 e. The maximum absolute atomic E-state index is 12.3. The number of para-hydroxylation sites is 2. The quantitative estimate of drug-likeness (QED) is 0.875. The molecule has 2 fully saturated rings. The molecule has 1 aromatic rings. The summed E-state index contributed by atoms with van der Waals surface area (Å²) in [5, 5.41) is 3.01. The van der Waals surface area contributed by atoms with Crippen molar-refractivity contribution in [3.63, 3.8) is 0 Å². The zero-order chi connectivity index (χ0) is 15.4. The Morgan fingerprint density at radius 2 is 1.91 bits per heavy atom. The molecule has 0 aromatic heterocycles. The fourth-order valence-corrected chi connectivity index (χ4v) is 3.62. The molecular formula is C18H26N2O2. The van der Waals surface area contributed by atoms with E-state index in [0.29, 0.717) is 18.4 Å². The smallest absolute Gasteiger partial charge is 0.224 e. The standard InChI is InChI=1S/C18H26N2O2/c19-15-9-5-6-13(15)12-18(21)20-16-10-3-4-11-17(16)22-14-7-1-2-8-14/h3-4,10-11,13-15H,1-2,5-9,12,19H2,(H,20,21)/t13-,15+/m0/s1. The first-order chi connectivity index (χ1) is 10.7. The van der Waals surface area contributed by atoms with Crippen molar-refractivity contribution in [1.82, 2.24) is 0 Å². The minimum atomic E-state index is 0.0461. The molecule has 0 aliphatic heterocycles. The summed E-state index contributed by atoms with van der Waals surface area (Å²) < 4.78 is 6.06. The highest BCUT2D eigenvalue weighted by Gasteiger charge is 2.26. The fourth-order valence-electron chi connectivity index (χ4n) is 3.62. The van der Waals surface area contributed by atoms with E-state index in [-0.39, 0.29) is 11.9 Å². The molecule has 0 spiro atoms. The van der Waals surface area contributed by atoms with Crippen LogP contribution in [0.25, 0.3) is 0 Å². The number of amides is 1. The average Bonchev–Trinajstić information content (AvgIpc) is 3.14. The maximum atomic E-state index is 12.3. The van der Waals surface area contributed by atoms with Crippen LogP contribution in [-0.4, -0.2) is 18.1 Å². The lowest BCUT2D eigenvalue weighted by Crippen LogP contribution is -2.28. The van der Waals surface area contributed by atoms with Crippen LogP contribution in [0.4, 0.5) is 5.69 Å². The van der Waals surface area contributed by atoms with Crippen molar-refractivity contribution in [2.45, 2.75) is 63.5 Å². The molecule has 3 rings (SSSR count). The molecular weight excluding hydrogens is 276 g/mol. The minimum absolute atomic E-state index is 0.0461. The number of benzene rings is 1. The summed E-state index contributed by atoms with van der Waals surface area (Å²) >= 11 is 0. The summed E-state index contributed by atoms with van der Waals surface area (Å²) in [5.41, 5.74) is 6.84. The second-order valence-corrected chi connectivity index (χ2v) is 6.63. The number of ether oxygens (including phenoxy) is 1. The number of carbonyl (C=O) groups is 1. The molecule has 0 heterocycles. The van der Waals surface area contributed by atoms with Crippen molar-refractivity contribution in [2.75, 3.05) is 5.32 Å². The van der Waals surface area contributed by atoms with E-state index in [9.17, 15) is 4.79 Å². The van der Waals surface area contributed by atoms with E-state index in [1.54, 1.807) is 0 Å². The molecule has 4 nitrogen and oxygen atoms in total. The van der Waals surface area contributed by atoms with Gasteiger partial charge in [0.15, 0.2) is 0 Å². The van der Waals surface area contributed by atoms with Gasteiger partial charge in [-0.05, 0) is 56.6 Å². The molecule has 2 saturated carbocycles. The Bertz CT molecular complexity index is 512. The van der Waals surface area contributed by atoms with Gasteiger partial charge in [-0.3, -0.25) is 4.79 Å². The Morgan fingerprint density at radius 1 is 1.14 bits per heavy atom. The highest BCUT2D eigenvalue weighted by Crippen LogP contribution is 2.31. The largest absolute Gasteiger partial charge is 0.488 e. The second-order valence-electron chi connectivity index (χ2n) is 6.63. The van der Waals surface area contributed by atoms with E-state index < -0.39 is 0 Å². The highest BCUT2D eigenvalue weighted by atomic mass is 16.5. The number of nitrogens with one attached hydrogen (secondary N) is 1. The van der Waals surface area contributed by atoms with Crippen LogP contribution < -0.4 is 15.8 Å². The van der Waals surface area contributed by atoms with E-state index in [1.807, 2.05) is 24.3 Å². The molecule has 2 aliphatic carbocycles. The molecule has 120 valence electrons.